The van der Waals surface area contributed by atoms with Gasteiger partial charge in [-0.3, -0.25) is 4.79 Å². The van der Waals surface area contributed by atoms with Gasteiger partial charge in [0.25, 0.3) is 0 Å². The van der Waals surface area contributed by atoms with E-state index < -0.39 is 17.5 Å². The number of ether oxygens (including phenoxy) is 2. The first-order valence-corrected chi connectivity index (χ1v) is 23.2. The van der Waals surface area contributed by atoms with Crippen molar-refractivity contribution in [3.63, 3.8) is 0 Å². The lowest BCUT2D eigenvalue weighted by molar-refractivity contribution is 0.173. The average molecular weight is 872 g/mol. The Balaban J connectivity index is 1.08. The Kier molecular flexibility index (Phi) is 11.5. The smallest absolute Gasteiger partial charge is 0.204 e. The molecule has 3 fully saturated rings. The van der Waals surface area contributed by atoms with Crippen molar-refractivity contribution in [3.05, 3.63) is 130 Å². The first-order valence-electron chi connectivity index (χ1n) is 23.2. The monoisotopic (exact) mass is 871 g/mol. The van der Waals surface area contributed by atoms with Crippen LogP contribution < -0.4 is 25.1 Å². The Bertz CT molecular complexity index is 2860. The Morgan fingerprint density at radius 2 is 1.72 bits per heavy atom. The molecule has 4 aliphatic rings. The number of hydrogen-bond donors (Lipinski definition) is 5. The fraction of sp³-hybridized carbons (Fsp3) is 0.364. The molecule has 10 rings (SSSR count). The molecule has 4 bridgehead atoms. The molecule has 2 aromatic heterocycles. The molecule has 334 valence electrons. The van der Waals surface area contributed by atoms with E-state index in [-0.39, 0.29) is 64.2 Å². The molecular formula is C55H57N3O7. The molecule has 4 heterocycles. The van der Waals surface area contributed by atoms with Gasteiger partial charge < -0.3 is 44.4 Å². The summed E-state index contributed by atoms with van der Waals surface area (Å²) >= 11 is 0. The number of aliphatic hydroxyl groups excluding tert-OH is 1. The third-order valence-electron chi connectivity index (χ3n) is 14.8. The van der Waals surface area contributed by atoms with Crippen molar-refractivity contribution in [1.29, 1.82) is 0 Å². The molecule has 0 amide bonds. The molecule has 10 heteroatoms. The highest BCUT2D eigenvalue weighted by molar-refractivity contribution is 5.94. The van der Waals surface area contributed by atoms with E-state index in [1.807, 2.05) is 36.4 Å². The van der Waals surface area contributed by atoms with Gasteiger partial charge in [-0.2, -0.15) is 0 Å². The summed E-state index contributed by atoms with van der Waals surface area (Å²) in [6.45, 7) is 4.74. The highest BCUT2D eigenvalue weighted by Gasteiger charge is 2.54. The summed E-state index contributed by atoms with van der Waals surface area (Å²) in [5.41, 5.74) is 6.62. The molecule has 10 nitrogen and oxygen atoms in total. The number of aromatic hydroxyl groups is 2. The highest BCUT2D eigenvalue weighted by atomic mass is 16.5. The van der Waals surface area contributed by atoms with Crippen LogP contribution in [-0.4, -0.2) is 65.8 Å². The zero-order chi connectivity index (χ0) is 44.7. The lowest BCUT2D eigenvalue weighted by Gasteiger charge is -2.41. The van der Waals surface area contributed by atoms with Gasteiger partial charge in [0.15, 0.2) is 22.5 Å². The fourth-order valence-corrected chi connectivity index (χ4v) is 11.3. The van der Waals surface area contributed by atoms with Crippen molar-refractivity contribution < 1.29 is 29.2 Å². The predicted octanol–water partition coefficient (Wildman–Crippen LogP) is 9.84. The normalized spacial score (nSPS) is 21.7. The molecule has 1 saturated heterocycles. The summed E-state index contributed by atoms with van der Waals surface area (Å²) in [7, 11) is 1.43. The van der Waals surface area contributed by atoms with Gasteiger partial charge in [0, 0.05) is 54.4 Å². The number of fused-ring (bicyclic) bond motifs is 8. The van der Waals surface area contributed by atoms with Crippen LogP contribution in [0.2, 0.25) is 0 Å². The maximum Gasteiger partial charge on any atom is 0.204 e. The molecule has 1 spiro atoms. The zero-order valence-corrected chi connectivity index (χ0v) is 37.2. The molecule has 0 radical (unpaired) electrons. The molecular weight excluding hydrogens is 815 g/mol. The van der Waals surface area contributed by atoms with Crippen molar-refractivity contribution in [2.24, 2.45) is 5.41 Å². The maximum atomic E-state index is 14.5. The van der Waals surface area contributed by atoms with E-state index in [4.69, 9.17) is 13.9 Å². The molecule has 4 atom stereocenters. The SMILES string of the molecule is COc1c(O)c(C2C#CC3CN(CCN3)c3[nH]c(C4(C)CCCC45CCCC5)cc3-c3cccc(c3)C2)c2oc(-c3ccc(O)cc3)cc(=O)c2c1OCCC(O)C=Cc1ccccc1. The van der Waals surface area contributed by atoms with Crippen molar-refractivity contribution in [2.45, 2.75) is 88.2 Å². The molecule has 65 heavy (non-hydrogen) atoms. The number of rotatable bonds is 10. The molecule has 2 aliphatic heterocycles. The summed E-state index contributed by atoms with van der Waals surface area (Å²) < 4.78 is 18.9. The van der Waals surface area contributed by atoms with Crippen LogP contribution in [0.4, 0.5) is 5.82 Å². The topological polar surface area (TPSA) is 140 Å². The number of nitrogens with zero attached hydrogens (tertiary/aromatic N) is 1. The molecule has 2 saturated carbocycles. The van der Waals surface area contributed by atoms with Gasteiger partial charge in [-0.15, -0.1) is 0 Å². The van der Waals surface area contributed by atoms with Gasteiger partial charge in [-0.25, -0.2) is 0 Å². The second kappa shape index (κ2) is 17.5. The first-order chi connectivity index (χ1) is 31.6. The van der Waals surface area contributed by atoms with Crippen LogP contribution in [0.5, 0.6) is 23.0 Å². The van der Waals surface area contributed by atoms with E-state index in [2.05, 4.69) is 64.3 Å². The molecule has 4 aromatic carbocycles. The largest absolute Gasteiger partial charge is 0.508 e. The third kappa shape index (κ3) is 7.95. The summed E-state index contributed by atoms with van der Waals surface area (Å²) in [5, 5.41) is 37.2. The number of phenols is 2. The van der Waals surface area contributed by atoms with E-state index in [0.29, 0.717) is 29.5 Å². The summed E-state index contributed by atoms with van der Waals surface area (Å²) in [5.74, 6) is 7.71. The van der Waals surface area contributed by atoms with Crippen LogP contribution in [0, 0.1) is 17.3 Å². The van der Waals surface area contributed by atoms with Crippen LogP contribution >= 0.6 is 0 Å². The van der Waals surface area contributed by atoms with Crippen molar-refractivity contribution in [1.82, 2.24) is 10.3 Å². The van der Waals surface area contributed by atoms with Crippen LogP contribution in [-0.2, 0) is 11.8 Å². The van der Waals surface area contributed by atoms with Gasteiger partial charge in [0.05, 0.1) is 37.3 Å². The Hall–Kier alpha value is -6.41. The van der Waals surface area contributed by atoms with Crippen LogP contribution in [0.15, 0.2) is 106 Å². The number of nitrogens with one attached hydrogen (secondary N) is 2. The van der Waals surface area contributed by atoms with Crippen LogP contribution in [0.25, 0.3) is 39.5 Å². The van der Waals surface area contributed by atoms with Crippen molar-refractivity contribution in [2.75, 3.05) is 38.3 Å². The highest BCUT2D eigenvalue weighted by Crippen LogP contribution is 2.62. The predicted molar refractivity (Wildman–Crippen MR) is 256 cm³/mol. The second-order valence-electron chi connectivity index (χ2n) is 18.6. The van der Waals surface area contributed by atoms with Gasteiger partial charge in [-0.05, 0) is 84.5 Å². The molecule has 4 unspecified atom stereocenters. The number of H-pyrrole nitrogens is 1. The number of aromatic nitrogens is 1. The quantitative estimate of drug-likeness (QED) is 0.0852. The number of anilines is 1. The van der Waals surface area contributed by atoms with E-state index in [0.717, 1.165) is 35.6 Å². The van der Waals surface area contributed by atoms with Gasteiger partial charge in [0.2, 0.25) is 5.75 Å². The zero-order valence-electron chi connectivity index (χ0n) is 37.2. The van der Waals surface area contributed by atoms with E-state index in [9.17, 15) is 20.1 Å². The molecule has 5 N–H and O–H groups in total. The Labute approximate surface area is 379 Å². The minimum atomic E-state index is -0.840. The number of hydrogen-bond acceptors (Lipinski definition) is 9. The van der Waals surface area contributed by atoms with Crippen molar-refractivity contribution >= 4 is 22.9 Å². The van der Waals surface area contributed by atoms with Crippen LogP contribution in [0.1, 0.15) is 86.6 Å². The van der Waals surface area contributed by atoms with E-state index in [1.54, 1.807) is 18.2 Å². The number of aliphatic hydroxyl groups is 1. The number of benzene rings is 4. The van der Waals surface area contributed by atoms with Crippen LogP contribution in [0.3, 0.4) is 0 Å². The number of methoxy groups -OCH3 is 1. The van der Waals surface area contributed by atoms with Gasteiger partial charge in [-0.1, -0.05) is 105 Å². The third-order valence-corrected chi connectivity index (χ3v) is 14.8. The molecule has 2 aliphatic carbocycles. The van der Waals surface area contributed by atoms with Gasteiger partial charge >= 0.3 is 0 Å². The maximum absolute atomic E-state index is 14.5. The van der Waals surface area contributed by atoms with E-state index >= 15 is 0 Å². The standard InChI is InChI=1S/C55H57N3O7/c1-54(23-9-26-55(54)24-6-7-25-55)46-32-43-38-13-8-12-36(30-38)31-39(15-18-40-34-58(28-27-56-40)53(43)57-46)47-49(62)52(63-2)51(64-29-22-42(60)19-14-35-10-4-3-5-11-35)48-44(61)33-45(65-50(47)48)37-16-20-41(59)21-17-37/h3-5,8,10-14,16-17,19-21,30,32-33,39-40,42,56-57,59-60,62H,6-7,9,22-29,31,34H2,1-2H3. The summed E-state index contributed by atoms with van der Waals surface area (Å²) in [6, 6.07) is 28.3. The minimum absolute atomic E-state index is 0.00651. The average Bonchev–Trinajstić information content (AvgIpc) is 4.08. The minimum Gasteiger partial charge on any atom is -0.508 e. The number of piperazine rings is 1. The summed E-state index contributed by atoms with van der Waals surface area (Å²) in [4.78, 5) is 21.0. The first kappa shape index (κ1) is 42.5. The lowest BCUT2D eigenvalue weighted by Crippen LogP contribution is -2.50. The van der Waals surface area contributed by atoms with Crippen molar-refractivity contribution in [3.8, 4) is 57.3 Å². The lowest BCUT2D eigenvalue weighted by atomic mass is 9.64. The van der Waals surface area contributed by atoms with Gasteiger partial charge in [0.1, 0.15) is 22.7 Å². The summed E-state index contributed by atoms with van der Waals surface area (Å²) in [6.07, 6.45) is 12.2. The van der Waals surface area contributed by atoms with E-state index in [1.165, 1.54) is 81.5 Å². The Morgan fingerprint density at radius 3 is 2.52 bits per heavy atom. The molecule has 6 aromatic rings. The second-order valence-corrected chi connectivity index (χ2v) is 18.6. The fourth-order valence-electron chi connectivity index (χ4n) is 11.3. The Morgan fingerprint density at radius 1 is 0.923 bits per heavy atom. The number of aromatic amines is 1. The number of phenolic OH excluding ortho intramolecular Hbond substituents is 2.